The van der Waals surface area contributed by atoms with Crippen LogP contribution in [-0.2, 0) is 9.53 Å². The van der Waals surface area contributed by atoms with Gasteiger partial charge in [-0.25, -0.2) is 4.79 Å². The number of nitrogens with one attached hydrogen (secondary N) is 1. The van der Waals surface area contributed by atoms with Crippen LogP contribution in [0, 0.1) is 6.92 Å². The van der Waals surface area contributed by atoms with Crippen molar-refractivity contribution in [2.75, 3.05) is 19.0 Å². The van der Waals surface area contributed by atoms with Crippen molar-refractivity contribution in [1.82, 2.24) is 0 Å². The topological polar surface area (TPSA) is 77.8 Å². The first-order chi connectivity index (χ1) is 13.9. The molecule has 29 heavy (non-hydrogen) atoms. The number of amides is 1. The maximum atomic E-state index is 12.4. The molecule has 1 N–H and O–H groups in total. The number of carbonyl (C=O) groups is 2. The lowest BCUT2D eigenvalue weighted by Crippen LogP contribution is -2.21. The maximum absolute atomic E-state index is 12.4. The molecular formula is C23H25NO5. The van der Waals surface area contributed by atoms with Crippen LogP contribution in [0.25, 0.3) is 11.0 Å². The molecule has 0 aliphatic rings. The highest BCUT2D eigenvalue weighted by molar-refractivity contribution is 5.98. The lowest BCUT2D eigenvalue weighted by Gasteiger charge is -2.15. The van der Waals surface area contributed by atoms with Gasteiger partial charge in [-0.3, -0.25) is 4.79 Å². The van der Waals surface area contributed by atoms with E-state index in [-0.39, 0.29) is 5.76 Å². The maximum Gasteiger partial charge on any atom is 0.375 e. The summed E-state index contributed by atoms with van der Waals surface area (Å²) in [6, 6.07) is 12.9. The number of aryl methyl sites for hydroxylation is 1. The second-order valence-corrected chi connectivity index (χ2v) is 6.94. The van der Waals surface area contributed by atoms with Crippen molar-refractivity contribution in [3.63, 3.8) is 0 Å². The molecule has 0 saturated heterocycles. The Morgan fingerprint density at radius 3 is 2.66 bits per heavy atom. The van der Waals surface area contributed by atoms with Gasteiger partial charge in [0.25, 0.3) is 5.91 Å². The van der Waals surface area contributed by atoms with E-state index in [4.69, 9.17) is 13.9 Å². The zero-order valence-corrected chi connectivity index (χ0v) is 17.1. The third-order valence-corrected chi connectivity index (χ3v) is 5.04. The van der Waals surface area contributed by atoms with Gasteiger partial charge in [0.15, 0.2) is 6.61 Å². The molecule has 0 fully saturated rings. The summed E-state index contributed by atoms with van der Waals surface area (Å²) in [5, 5.41) is 3.59. The number of carbonyl (C=O) groups excluding carboxylic acids is 2. The van der Waals surface area contributed by atoms with Crippen molar-refractivity contribution < 1.29 is 23.5 Å². The number of esters is 1. The highest BCUT2D eigenvalue weighted by Gasteiger charge is 2.21. The number of para-hydroxylation sites is 1. The minimum absolute atomic E-state index is 0.0843. The third kappa shape index (κ3) is 4.42. The van der Waals surface area contributed by atoms with Crippen molar-refractivity contribution in [2.45, 2.75) is 33.1 Å². The van der Waals surface area contributed by atoms with Crippen LogP contribution in [-0.4, -0.2) is 25.6 Å². The molecule has 3 rings (SSSR count). The number of ether oxygens (including phenoxy) is 2. The van der Waals surface area contributed by atoms with Crippen LogP contribution in [0.2, 0.25) is 0 Å². The molecule has 6 heteroatoms. The average Bonchev–Trinajstić information content (AvgIpc) is 3.07. The number of furan rings is 1. The van der Waals surface area contributed by atoms with Crippen molar-refractivity contribution in [2.24, 2.45) is 0 Å². The average molecular weight is 395 g/mol. The van der Waals surface area contributed by atoms with Crippen LogP contribution >= 0.6 is 0 Å². The molecule has 0 aliphatic heterocycles. The number of hydrogen-bond donors (Lipinski definition) is 1. The Labute approximate surface area is 169 Å². The van der Waals surface area contributed by atoms with Crippen molar-refractivity contribution in [1.29, 1.82) is 0 Å². The largest absolute Gasteiger partial charge is 0.497 e. The summed E-state index contributed by atoms with van der Waals surface area (Å²) >= 11 is 0. The minimum Gasteiger partial charge on any atom is -0.497 e. The van der Waals surface area contributed by atoms with E-state index >= 15 is 0 Å². The SMILES string of the molecule is CC[C@@H](C)c1ccccc1NC(=O)COC(=O)c1oc2ccc(OC)cc2c1C. The zero-order valence-electron chi connectivity index (χ0n) is 17.1. The van der Waals surface area contributed by atoms with Gasteiger partial charge in [-0.2, -0.15) is 0 Å². The van der Waals surface area contributed by atoms with Gasteiger partial charge < -0.3 is 19.2 Å². The molecule has 0 radical (unpaired) electrons. The molecular weight excluding hydrogens is 370 g/mol. The number of benzene rings is 2. The zero-order chi connectivity index (χ0) is 21.0. The second-order valence-electron chi connectivity index (χ2n) is 6.94. The fraction of sp³-hybridized carbons (Fsp3) is 0.304. The fourth-order valence-corrected chi connectivity index (χ4v) is 3.17. The standard InChI is InChI=1S/C23H25NO5/c1-5-14(2)17-8-6-7-9-19(17)24-21(25)13-28-23(26)22-15(3)18-12-16(27-4)10-11-20(18)29-22/h6-12,14H,5,13H2,1-4H3,(H,24,25)/t14-/m1/s1. The molecule has 1 heterocycles. The molecule has 0 unspecified atom stereocenters. The van der Waals surface area contributed by atoms with Crippen LogP contribution in [0.3, 0.4) is 0 Å². The Bertz CT molecular complexity index is 1040. The summed E-state index contributed by atoms with van der Waals surface area (Å²) < 4.78 is 16.0. The van der Waals surface area contributed by atoms with Gasteiger partial charge in [0.05, 0.1) is 7.11 Å². The Morgan fingerprint density at radius 1 is 1.17 bits per heavy atom. The summed E-state index contributed by atoms with van der Waals surface area (Å²) in [7, 11) is 1.57. The Balaban J connectivity index is 1.68. The first kappa shape index (κ1) is 20.5. The number of rotatable bonds is 7. The number of fused-ring (bicyclic) bond motifs is 1. The van der Waals surface area contributed by atoms with Crippen molar-refractivity contribution >= 4 is 28.5 Å². The van der Waals surface area contributed by atoms with Crippen molar-refractivity contribution in [3.05, 3.63) is 59.4 Å². The summed E-state index contributed by atoms with van der Waals surface area (Å²) in [5.74, 6) is -0.0152. The van der Waals surface area contributed by atoms with Gasteiger partial charge in [-0.15, -0.1) is 0 Å². The Hall–Kier alpha value is -3.28. The molecule has 2 aromatic carbocycles. The molecule has 1 aromatic heterocycles. The number of methoxy groups -OCH3 is 1. The van der Waals surface area contributed by atoms with Crippen LogP contribution in [0.1, 0.15) is 47.9 Å². The van der Waals surface area contributed by atoms with E-state index < -0.39 is 18.5 Å². The first-order valence-electron chi connectivity index (χ1n) is 9.57. The summed E-state index contributed by atoms with van der Waals surface area (Å²) in [5.41, 5.74) is 2.99. The highest BCUT2D eigenvalue weighted by atomic mass is 16.5. The van der Waals surface area contributed by atoms with E-state index in [1.54, 1.807) is 32.2 Å². The normalized spacial score (nSPS) is 11.9. The van der Waals surface area contributed by atoms with Crippen molar-refractivity contribution in [3.8, 4) is 5.75 Å². The number of anilines is 1. The number of hydrogen-bond acceptors (Lipinski definition) is 5. The van der Waals surface area contributed by atoms with E-state index in [0.717, 1.165) is 23.1 Å². The quantitative estimate of drug-likeness (QED) is 0.566. The second kappa shape index (κ2) is 8.82. The summed E-state index contributed by atoms with van der Waals surface area (Å²) in [6.07, 6.45) is 0.956. The van der Waals surface area contributed by atoms with E-state index in [1.165, 1.54) is 0 Å². The molecule has 152 valence electrons. The molecule has 0 saturated carbocycles. The predicted molar refractivity (Wildman–Crippen MR) is 112 cm³/mol. The molecule has 0 spiro atoms. The molecule has 0 aliphatic carbocycles. The summed E-state index contributed by atoms with van der Waals surface area (Å²) in [4.78, 5) is 24.8. The van der Waals surface area contributed by atoms with Gasteiger partial charge >= 0.3 is 5.97 Å². The van der Waals surface area contributed by atoms with Crippen LogP contribution in [0.15, 0.2) is 46.9 Å². The van der Waals surface area contributed by atoms with Gasteiger partial charge in [0.2, 0.25) is 5.76 Å². The van der Waals surface area contributed by atoms with Gasteiger partial charge in [-0.1, -0.05) is 32.0 Å². The molecule has 3 aromatic rings. The lowest BCUT2D eigenvalue weighted by atomic mass is 9.97. The minimum atomic E-state index is -0.678. The van der Waals surface area contributed by atoms with E-state index in [1.807, 2.05) is 24.3 Å². The Morgan fingerprint density at radius 2 is 1.93 bits per heavy atom. The molecule has 1 amide bonds. The van der Waals surface area contributed by atoms with Gasteiger partial charge in [0, 0.05) is 16.6 Å². The predicted octanol–water partition coefficient (Wildman–Crippen LogP) is 5.06. The monoisotopic (exact) mass is 395 g/mol. The molecule has 1 atom stereocenters. The van der Waals surface area contributed by atoms with Gasteiger partial charge in [0.1, 0.15) is 11.3 Å². The lowest BCUT2D eigenvalue weighted by molar-refractivity contribution is -0.119. The van der Waals surface area contributed by atoms with Crippen LogP contribution in [0.5, 0.6) is 5.75 Å². The van der Waals surface area contributed by atoms with E-state index in [9.17, 15) is 9.59 Å². The fourth-order valence-electron chi connectivity index (χ4n) is 3.17. The smallest absolute Gasteiger partial charge is 0.375 e. The molecule has 6 nitrogen and oxygen atoms in total. The highest BCUT2D eigenvalue weighted by Crippen LogP contribution is 2.29. The first-order valence-corrected chi connectivity index (χ1v) is 9.57. The van der Waals surface area contributed by atoms with Gasteiger partial charge in [-0.05, 0) is 49.1 Å². The van der Waals surface area contributed by atoms with Crippen LogP contribution < -0.4 is 10.1 Å². The van der Waals surface area contributed by atoms with E-state index in [2.05, 4.69) is 19.2 Å². The molecule has 0 bridgehead atoms. The van der Waals surface area contributed by atoms with Crippen LogP contribution in [0.4, 0.5) is 5.69 Å². The Kier molecular flexibility index (Phi) is 6.22. The van der Waals surface area contributed by atoms with E-state index in [0.29, 0.717) is 22.8 Å². The third-order valence-electron chi connectivity index (χ3n) is 5.04. The summed E-state index contributed by atoms with van der Waals surface area (Å²) in [6.45, 7) is 5.57.